The molecular formula is C9H17NO2U. The van der Waals surface area contributed by atoms with Crippen LogP contribution < -0.4 is 5.73 Å². The summed E-state index contributed by atoms with van der Waals surface area (Å²) in [6.07, 6.45) is 5.38. The Morgan fingerprint density at radius 3 is 2.23 bits per heavy atom. The van der Waals surface area contributed by atoms with E-state index in [4.69, 9.17) is 10.8 Å². The first-order valence-corrected chi connectivity index (χ1v) is 3.57. The zero-order valence-electron chi connectivity index (χ0n) is 7.88. The van der Waals surface area contributed by atoms with Crippen molar-refractivity contribution in [2.24, 2.45) is 5.73 Å². The Hall–Kier alpha value is 0.152. The van der Waals surface area contributed by atoms with Crippen molar-refractivity contribution in [1.29, 1.82) is 0 Å². The molecule has 0 unspecified atom stereocenters. The summed E-state index contributed by atoms with van der Waals surface area (Å²) in [7, 11) is 0. The molecule has 74 valence electrons. The molecule has 0 radical (unpaired) electrons. The zero-order chi connectivity index (χ0) is 8.69. The van der Waals surface area contributed by atoms with Gasteiger partial charge in [-0.2, -0.15) is 0 Å². The molecule has 0 heterocycles. The van der Waals surface area contributed by atoms with E-state index in [2.05, 4.69) is 6.58 Å². The van der Waals surface area contributed by atoms with Crippen molar-refractivity contribution in [3.8, 4) is 0 Å². The predicted octanol–water partition coefficient (Wildman–Crippen LogP) is 0.171. The van der Waals surface area contributed by atoms with Gasteiger partial charge in [0.1, 0.15) is 0 Å². The standard InChI is InChI=1S/C9H15NO.H2O.U/c1-3-8(6-10)5-9(4-2)7-11;;/h3-5,11H,1,6-7,10H2,2H3;1H2;/b8-5+,9-4+;;. The van der Waals surface area contributed by atoms with Crippen LogP contribution in [0.25, 0.3) is 0 Å². The molecule has 0 aliphatic rings. The Balaban J connectivity index is -0.000000500. The Bertz CT molecular complexity index is 188. The van der Waals surface area contributed by atoms with Gasteiger partial charge in [0, 0.05) is 37.7 Å². The second-order valence-electron chi connectivity index (χ2n) is 2.15. The maximum absolute atomic E-state index is 8.78. The summed E-state index contributed by atoms with van der Waals surface area (Å²) in [5, 5.41) is 8.78. The van der Waals surface area contributed by atoms with Crippen LogP contribution in [0.1, 0.15) is 6.92 Å². The van der Waals surface area contributed by atoms with Gasteiger partial charge in [-0.15, -0.1) is 0 Å². The fraction of sp³-hybridized carbons (Fsp3) is 0.333. The van der Waals surface area contributed by atoms with Gasteiger partial charge in [0.2, 0.25) is 0 Å². The second-order valence-corrected chi connectivity index (χ2v) is 2.15. The zero-order valence-corrected chi connectivity index (χ0v) is 12.0. The van der Waals surface area contributed by atoms with E-state index in [9.17, 15) is 0 Å². The van der Waals surface area contributed by atoms with Crippen molar-refractivity contribution in [3.63, 3.8) is 0 Å². The maximum atomic E-state index is 8.78. The molecule has 0 aromatic rings. The first-order valence-electron chi connectivity index (χ1n) is 3.57. The van der Waals surface area contributed by atoms with Gasteiger partial charge in [0.05, 0.1) is 6.61 Å². The molecule has 0 atom stereocenters. The van der Waals surface area contributed by atoms with Crippen LogP contribution in [0.2, 0.25) is 0 Å². The Kier molecular flexibility index (Phi) is 17.6. The second kappa shape index (κ2) is 12.2. The molecule has 0 aliphatic carbocycles. The summed E-state index contributed by atoms with van der Waals surface area (Å²) in [5.41, 5.74) is 7.20. The van der Waals surface area contributed by atoms with Gasteiger partial charge < -0.3 is 16.3 Å². The molecule has 0 fully saturated rings. The van der Waals surface area contributed by atoms with Crippen LogP contribution in [0.3, 0.4) is 0 Å². The third kappa shape index (κ3) is 8.48. The molecule has 0 saturated carbocycles. The number of rotatable bonds is 4. The van der Waals surface area contributed by atoms with E-state index in [-0.39, 0.29) is 43.2 Å². The molecule has 0 saturated heterocycles. The summed E-state index contributed by atoms with van der Waals surface area (Å²) in [5.74, 6) is 0. The van der Waals surface area contributed by atoms with Crippen molar-refractivity contribution < 1.29 is 41.7 Å². The molecule has 0 rings (SSSR count). The van der Waals surface area contributed by atoms with Crippen molar-refractivity contribution in [2.75, 3.05) is 13.2 Å². The van der Waals surface area contributed by atoms with Crippen molar-refractivity contribution in [1.82, 2.24) is 0 Å². The number of aliphatic hydroxyl groups excluding tert-OH is 1. The molecule has 4 heteroatoms. The van der Waals surface area contributed by atoms with E-state index in [1.165, 1.54) is 0 Å². The molecule has 0 amide bonds. The van der Waals surface area contributed by atoms with Crippen LogP contribution in [0.15, 0.2) is 36.0 Å². The molecule has 3 nitrogen and oxygen atoms in total. The van der Waals surface area contributed by atoms with E-state index in [1.807, 2.05) is 19.1 Å². The van der Waals surface area contributed by atoms with E-state index in [1.54, 1.807) is 6.08 Å². The third-order valence-electron chi connectivity index (χ3n) is 1.42. The van der Waals surface area contributed by atoms with Crippen LogP contribution >= 0.6 is 0 Å². The predicted molar refractivity (Wildman–Crippen MR) is 51.8 cm³/mol. The van der Waals surface area contributed by atoms with Gasteiger partial charge in [0.15, 0.2) is 0 Å². The Labute approximate surface area is 103 Å². The van der Waals surface area contributed by atoms with E-state index in [0.717, 1.165) is 11.1 Å². The molecule has 0 aromatic heterocycles. The minimum atomic E-state index is 0. The van der Waals surface area contributed by atoms with Gasteiger partial charge in [-0.3, -0.25) is 0 Å². The number of hydrogen-bond donors (Lipinski definition) is 2. The average molecular weight is 409 g/mol. The van der Waals surface area contributed by atoms with E-state index < -0.39 is 0 Å². The van der Waals surface area contributed by atoms with Crippen molar-refractivity contribution in [2.45, 2.75) is 6.92 Å². The van der Waals surface area contributed by atoms with Gasteiger partial charge in [-0.1, -0.05) is 24.8 Å². The largest absolute Gasteiger partial charge is 0.412 e. The summed E-state index contributed by atoms with van der Waals surface area (Å²) < 4.78 is 0. The molecule has 0 aromatic carbocycles. The minimum absolute atomic E-state index is 0. The molecule has 13 heavy (non-hydrogen) atoms. The number of aliphatic hydroxyl groups is 1. The van der Waals surface area contributed by atoms with Gasteiger partial charge in [-0.05, 0) is 18.1 Å². The molecule has 5 N–H and O–H groups in total. The first-order chi connectivity index (χ1) is 5.28. The van der Waals surface area contributed by atoms with Crippen molar-refractivity contribution >= 4 is 0 Å². The molecular weight excluding hydrogens is 392 g/mol. The number of nitrogens with two attached hydrogens (primary N) is 1. The summed E-state index contributed by atoms with van der Waals surface area (Å²) in [6, 6.07) is 0. The average Bonchev–Trinajstić information content (AvgIpc) is 2.07. The topological polar surface area (TPSA) is 77.8 Å². The van der Waals surface area contributed by atoms with E-state index >= 15 is 0 Å². The van der Waals surface area contributed by atoms with Crippen LogP contribution in [0.5, 0.6) is 0 Å². The van der Waals surface area contributed by atoms with Gasteiger partial charge >= 0.3 is 0 Å². The van der Waals surface area contributed by atoms with E-state index in [0.29, 0.717) is 6.54 Å². The molecule has 0 spiro atoms. The molecule has 0 bridgehead atoms. The van der Waals surface area contributed by atoms with Crippen LogP contribution in [0.4, 0.5) is 0 Å². The normalized spacial score (nSPS) is 11.3. The SMILES string of the molecule is C=C/C(=C\C(=C/C)CO)CN.O.[U]. The molecule has 0 aliphatic heterocycles. The van der Waals surface area contributed by atoms with Crippen LogP contribution in [-0.2, 0) is 0 Å². The van der Waals surface area contributed by atoms with Crippen LogP contribution in [-0.4, -0.2) is 23.7 Å². The Morgan fingerprint density at radius 2 is 2.00 bits per heavy atom. The summed E-state index contributed by atoms with van der Waals surface area (Å²) in [6.45, 7) is 5.98. The maximum Gasteiger partial charge on any atom is 0.0678 e. The minimum Gasteiger partial charge on any atom is -0.412 e. The first kappa shape index (κ1) is 18.8. The van der Waals surface area contributed by atoms with Gasteiger partial charge in [-0.25, -0.2) is 0 Å². The van der Waals surface area contributed by atoms with Crippen molar-refractivity contribution in [3.05, 3.63) is 36.0 Å². The smallest absolute Gasteiger partial charge is 0.0678 e. The Morgan fingerprint density at radius 1 is 1.46 bits per heavy atom. The monoisotopic (exact) mass is 409 g/mol. The van der Waals surface area contributed by atoms with Gasteiger partial charge in [0.25, 0.3) is 0 Å². The summed E-state index contributed by atoms with van der Waals surface area (Å²) >= 11 is 0. The number of hydrogen-bond acceptors (Lipinski definition) is 2. The fourth-order valence-corrected chi connectivity index (χ4v) is 0.660. The quantitative estimate of drug-likeness (QED) is 0.650. The third-order valence-corrected chi connectivity index (χ3v) is 1.42. The number of allylic oxidation sites excluding steroid dienone is 1. The summed E-state index contributed by atoms with van der Waals surface area (Å²) in [4.78, 5) is 0. The fourth-order valence-electron chi connectivity index (χ4n) is 0.660. The van der Waals surface area contributed by atoms with Crippen LogP contribution in [0, 0.1) is 31.1 Å².